The molecule has 0 aromatic heterocycles. The van der Waals surface area contributed by atoms with Crippen LogP contribution < -0.4 is 16.3 Å². The van der Waals surface area contributed by atoms with Gasteiger partial charge in [0, 0.05) is 19.1 Å². The topological polar surface area (TPSA) is 73.5 Å². The van der Waals surface area contributed by atoms with Crippen LogP contribution in [0.1, 0.15) is 43.8 Å². The number of hydrogen-bond donors (Lipinski definition) is 3. The van der Waals surface area contributed by atoms with Gasteiger partial charge in [0.25, 0.3) is 11.8 Å². The molecule has 1 atom stereocenters. The Bertz CT molecular complexity index is 944. The molecule has 1 saturated heterocycles. The summed E-state index contributed by atoms with van der Waals surface area (Å²) >= 11 is 0. The second kappa shape index (κ2) is 7.58. The Morgan fingerprint density at radius 2 is 1.79 bits per heavy atom. The zero-order valence-electron chi connectivity index (χ0n) is 15.3. The van der Waals surface area contributed by atoms with Gasteiger partial charge in [-0.15, -0.1) is 0 Å². The van der Waals surface area contributed by atoms with Crippen LogP contribution in [0.5, 0.6) is 0 Å². The summed E-state index contributed by atoms with van der Waals surface area (Å²) in [6.07, 6.45) is -2.98. The predicted octanol–water partition coefficient (Wildman–Crippen LogP) is 2.42. The summed E-state index contributed by atoms with van der Waals surface area (Å²) in [6, 6.07) is 10.5. The third kappa shape index (κ3) is 4.16. The number of nitrogens with zero attached hydrogens (tertiary/aromatic N) is 1. The molecule has 1 fully saturated rings. The van der Waals surface area contributed by atoms with Crippen molar-refractivity contribution in [3.8, 4) is 0 Å². The van der Waals surface area contributed by atoms with Crippen LogP contribution in [-0.4, -0.2) is 29.4 Å². The highest BCUT2D eigenvalue weighted by atomic mass is 19.4. The Morgan fingerprint density at radius 3 is 2.52 bits per heavy atom. The number of benzene rings is 2. The molecular formula is C20H19F3N4O2. The Labute approximate surface area is 165 Å². The minimum absolute atomic E-state index is 0.0977. The van der Waals surface area contributed by atoms with E-state index in [-0.39, 0.29) is 17.9 Å². The summed E-state index contributed by atoms with van der Waals surface area (Å²) in [5.74, 6) is -0.725. The first kappa shape index (κ1) is 19.6. The number of hydrazine groups is 2. The molecule has 0 spiro atoms. The number of imide groups is 1. The van der Waals surface area contributed by atoms with Crippen molar-refractivity contribution in [2.24, 2.45) is 0 Å². The van der Waals surface area contributed by atoms with Gasteiger partial charge in [0.15, 0.2) is 0 Å². The van der Waals surface area contributed by atoms with Gasteiger partial charge in [0.2, 0.25) is 0 Å². The van der Waals surface area contributed by atoms with Crippen molar-refractivity contribution in [2.45, 2.75) is 31.6 Å². The minimum atomic E-state index is -4.34. The average Bonchev–Trinajstić information content (AvgIpc) is 3.24. The second-order valence-electron chi connectivity index (χ2n) is 7.19. The Kier molecular flexibility index (Phi) is 5.12. The summed E-state index contributed by atoms with van der Waals surface area (Å²) in [5.41, 5.74) is 7.97. The Balaban J connectivity index is 1.32. The van der Waals surface area contributed by atoms with Crippen molar-refractivity contribution < 1.29 is 22.8 Å². The fourth-order valence-electron chi connectivity index (χ4n) is 3.66. The molecule has 2 aliphatic heterocycles. The van der Waals surface area contributed by atoms with Gasteiger partial charge in [-0.3, -0.25) is 14.9 Å². The van der Waals surface area contributed by atoms with Gasteiger partial charge in [-0.05, 0) is 42.2 Å². The SMILES string of the molecule is O=C1NC(=O)c2c(CCC3CN(Cc4ccc(C(F)(F)F)cc4)NN3)cccc21. The number of hydrogen-bond acceptors (Lipinski definition) is 5. The summed E-state index contributed by atoms with van der Waals surface area (Å²) < 4.78 is 38.0. The molecule has 1 unspecified atom stereocenters. The standard InChI is InChI=1S/C20H19F3N4O2/c21-20(22,23)14-7-4-12(5-8-14)10-27-11-15(25-26-27)9-6-13-2-1-3-16-17(13)19(29)24-18(16)28/h1-5,7-8,15,25-26H,6,9-11H2,(H,24,28,29). The second-order valence-corrected chi connectivity index (χ2v) is 7.19. The van der Waals surface area contributed by atoms with E-state index in [9.17, 15) is 22.8 Å². The molecule has 9 heteroatoms. The van der Waals surface area contributed by atoms with Crippen LogP contribution in [0.4, 0.5) is 13.2 Å². The number of alkyl halides is 3. The van der Waals surface area contributed by atoms with Crippen LogP contribution in [0.15, 0.2) is 42.5 Å². The van der Waals surface area contributed by atoms with E-state index in [0.717, 1.165) is 29.7 Å². The maximum atomic E-state index is 12.7. The molecule has 0 aliphatic carbocycles. The maximum absolute atomic E-state index is 12.7. The lowest BCUT2D eigenvalue weighted by molar-refractivity contribution is -0.137. The van der Waals surface area contributed by atoms with E-state index in [2.05, 4.69) is 16.3 Å². The third-order valence-corrected chi connectivity index (χ3v) is 5.13. The smallest absolute Gasteiger partial charge is 0.288 e. The Hall–Kier alpha value is -2.75. The molecule has 2 aliphatic rings. The summed E-state index contributed by atoms with van der Waals surface area (Å²) in [6.45, 7) is 1.11. The van der Waals surface area contributed by atoms with Crippen LogP contribution in [0, 0.1) is 0 Å². The van der Waals surface area contributed by atoms with Gasteiger partial charge in [0.05, 0.1) is 16.7 Å². The molecule has 3 N–H and O–H groups in total. The fourth-order valence-corrected chi connectivity index (χ4v) is 3.66. The lowest BCUT2D eigenvalue weighted by Gasteiger charge is -2.15. The molecule has 0 bridgehead atoms. The number of rotatable bonds is 5. The number of aryl methyl sites for hydroxylation is 1. The van der Waals surface area contributed by atoms with E-state index in [0.29, 0.717) is 30.6 Å². The monoisotopic (exact) mass is 404 g/mol. The molecule has 152 valence electrons. The molecule has 4 rings (SSSR count). The van der Waals surface area contributed by atoms with E-state index in [1.165, 1.54) is 12.1 Å². The molecule has 0 radical (unpaired) electrons. The van der Waals surface area contributed by atoms with Crippen molar-refractivity contribution in [3.63, 3.8) is 0 Å². The maximum Gasteiger partial charge on any atom is 0.416 e. The van der Waals surface area contributed by atoms with E-state index in [1.807, 2.05) is 11.1 Å². The highest BCUT2D eigenvalue weighted by Gasteiger charge is 2.31. The van der Waals surface area contributed by atoms with Crippen LogP contribution in [0.2, 0.25) is 0 Å². The van der Waals surface area contributed by atoms with Crippen molar-refractivity contribution in [1.82, 2.24) is 21.3 Å². The van der Waals surface area contributed by atoms with Crippen LogP contribution in [0.3, 0.4) is 0 Å². The van der Waals surface area contributed by atoms with E-state index in [1.54, 1.807) is 12.1 Å². The highest BCUT2D eigenvalue weighted by Crippen LogP contribution is 2.29. The number of nitrogens with one attached hydrogen (secondary N) is 3. The first-order valence-electron chi connectivity index (χ1n) is 9.21. The number of amides is 2. The Morgan fingerprint density at radius 1 is 1.03 bits per heavy atom. The molecule has 0 saturated carbocycles. The molecule has 6 nitrogen and oxygen atoms in total. The molecule has 2 heterocycles. The van der Waals surface area contributed by atoms with Gasteiger partial charge in [-0.25, -0.2) is 10.4 Å². The van der Waals surface area contributed by atoms with Gasteiger partial charge >= 0.3 is 6.18 Å². The molecule has 2 amide bonds. The largest absolute Gasteiger partial charge is 0.416 e. The molecule has 2 aromatic rings. The summed E-state index contributed by atoms with van der Waals surface area (Å²) in [5, 5.41) is 4.20. The van der Waals surface area contributed by atoms with Crippen LogP contribution in [0.25, 0.3) is 0 Å². The van der Waals surface area contributed by atoms with Crippen LogP contribution in [-0.2, 0) is 19.1 Å². The number of fused-ring (bicyclic) bond motifs is 1. The average molecular weight is 404 g/mol. The van der Waals surface area contributed by atoms with E-state index < -0.39 is 11.7 Å². The van der Waals surface area contributed by atoms with Gasteiger partial charge in [-0.2, -0.15) is 18.7 Å². The fraction of sp³-hybridized carbons (Fsp3) is 0.300. The van der Waals surface area contributed by atoms with Crippen molar-refractivity contribution in [2.75, 3.05) is 6.54 Å². The number of carbonyl (C=O) groups excluding carboxylic acids is 2. The molecule has 2 aromatic carbocycles. The number of halogens is 3. The predicted molar refractivity (Wildman–Crippen MR) is 98.5 cm³/mol. The highest BCUT2D eigenvalue weighted by molar-refractivity contribution is 6.22. The number of carbonyl (C=O) groups is 2. The van der Waals surface area contributed by atoms with Gasteiger partial charge < -0.3 is 0 Å². The third-order valence-electron chi connectivity index (χ3n) is 5.13. The van der Waals surface area contributed by atoms with Crippen LogP contribution >= 0.6 is 0 Å². The normalized spacial score (nSPS) is 19.5. The zero-order chi connectivity index (χ0) is 20.6. The lowest BCUT2D eigenvalue weighted by Crippen LogP contribution is -2.36. The minimum Gasteiger partial charge on any atom is -0.288 e. The first-order chi connectivity index (χ1) is 13.8. The van der Waals surface area contributed by atoms with E-state index in [4.69, 9.17) is 0 Å². The van der Waals surface area contributed by atoms with Crippen molar-refractivity contribution in [3.05, 3.63) is 70.3 Å². The molecular weight excluding hydrogens is 385 g/mol. The van der Waals surface area contributed by atoms with Crippen molar-refractivity contribution in [1.29, 1.82) is 0 Å². The lowest BCUT2D eigenvalue weighted by atomic mass is 9.97. The van der Waals surface area contributed by atoms with Gasteiger partial charge in [-0.1, -0.05) is 24.3 Å². The zero-order valence-corrected chi connectivity index (χ0v) is 15.3. The quantitative estimate of drug-likeness (QED) is 0.668. The van der Waals surface area contributed by atoms with Crippen molar-refractivity contribution >= 4 is 11.8 Å². The summed E-state index contributed by atoms with van der Waals surface area (Å²) in [4.78, 5) is 23.8. The molecule has 29 heavy (non-hydrogen) atoms. The summed E-state index contributed by atoms with van der Waals surface area (Å²) in [7, 11) is 0. The van der Waals surface area contributed by atoms with Gasteiger partial charge in [0.1, 0.15) is 0 Å². The first-order valence-corrected chi connectivity index (χ1v) is 9.21. The van der Waals surface area contributed by atoms with E-state index >= 15 is 0 Å².